The van der Waals surface area contributed by atoms with Crippen LogP contribution in [0.3, 0.4) is 0 Å². The smallest absolute Gasteiger partial charge is 0.292 e. The molecule has 1 spiro atoms. The van der Waals surface area contributed by atoms with Gasteiger partial charge < -0.3 is 14.4 Å². The molecule has 1 saturated heterocycles. The van der Waals surface area contributed by atoms with Crippen LogP contribution in [0, 0.1) is 5.92 Å². The Hall–Kier alpha value is -2.22. The number of fused-ring (bicyclic) bond motifs is 2. The molecule has 1 saturated carbocycles. The number of carbonyl (C=O) groups excluding carboxylic acids is 1. The number of anilines is 1. The van der Waals surface area contributed by atoms with Crippen molar-refractivity contribution in [3.8, 4) is 0 Å². The van der Waals surface area contributed by atoms with Gasteiger partial charge in [-0.15, -0.1) is 0 Å². The molecule has 0 aromatic heterocycles. The Bertz CT molecular complexity index is 1010. The van der Waals surface area contributed by atoms with E-state index in [1.165, 1.54) is 6.07 Å². The third-order valence-electron chi connectivity index (χ3n) is 5.34. The first-order valence-corrected chi connectivity index (χ1v) is 10.6. The molecule has 0 N–H and O–H groups in total. The van der Waals surface area contributed by atoms with Gasteiger partial charge in [0, 0.05) is 12.1 Å². The maximum atomic E-state index is 13.1. The highest BCUT2D eigenvalue weighted by Crippen LogP contribution is 2.48. The minimum Gasteiger partial charge on any atom is -0.336 e. The summed E-state index contributed by atoms with van der Waals surface area (Å²) in [6.45, 7) is 1.22. The van der Waals surface area contributed by atoms with Gasteiger partial charge in [0.15, 0.2) is 0 Å². The predicted molar refractivity (Wildman–Crippen MR) is 97.0 cm³/mol. The lowest BCUT2D eigenvalue weighted by molar-refractivity contribution is -0.180. The lowest BCUT2D eigenvalue weighted by Gasteiger charge is -2.22. The van der Waals surface area contributed by atoms with Crippen LogP contribution >= 0.6 is 0 Å². The lowest BCUT2D eigenvalue weighted by Crippen LogP contribution is -2.42. The second kappa shape index (κ2) is 5.89. The van der Waals surface area contributed by atoms with Crippen LogP contribution in [0.15, 0.2) is 58.3 Å². The molecule has 2 aromatic carbocycles. The summed E-state index contributed by atoms with van der Waals surface area (Å²) < 4.78 is 37.5. The number of carbonyl (C=O) groups is 1. The van der Waals surface area contributed by atoms with Crippen LogP contribution in [0.25, 0.3) is 0 Å². The molecule has 2 aromatic rings. The molecule has 6 nitrogen and oxygen atoms in total. The van der Waals surface area contributed by atoms with Gasteiger partial charge in [-0.2, -0.15) is 0 Å². The van der Waals surface area contributed by atoms with Gasteiger partial charge in [-0.05, 0) is 49.1 Å². The highest BCUT2D eigenvalue weighted by atomic mass is 32.2. The zero-order valence-electron chi connectivity index (χ0n) is 14.6. The maximum absolute atomic E-state index is 13.1. The number of hydrogen-bond acceptors (Lipinski definition) is 5. The third-order valence-corrected chi connectivity index (χ3v) is 7.10. The summed E-state index contributed by atoms with van der Waals surface area (Å²) in [4.78, 5) is 15.1. The average Bonchev–Trinajstić information content (AvgIpc) is 3.32. The Labute approximate surface area is 157 Å². The summed E-state index contributed by atoms with van der Waals surface area (Å²) in [5.41, 5.74) is 1.17. The van der Waals surface area contributed by atoms with Crippen LogP contribution < -0.4 is 4.90 Å². The standard InChI is InChI=1S/C20H19NO5S/c22-19-20(25-10-11-26-20)17-12-16(27(23,24)15-4-2-1-3-5-15)8-9-18(17)21(19)13-14-6-7-14/h1-5,8-9,12,14H,6-7,10-11,13H2. The van der Waals surface area contributed by atoms with Gasteiger partial charge in [0.1, 0.15) is 0 Å². The summed E-state index contributed by atoms with van der Waals surface area (Å²) in [5, 5.41) is 0. The predicted octanol–water partition coefficient (Wildman–Crippen LogP) is 2.48. The molecule has 2 heterocycles. The van der Waals surface area contributed by atoms with Crippen LogP contribution in [0.5, 0.6) is 0 Å². The third kappa shape index (κ3) is 2.53. The number of amides is 1. The van der Waals surface area contributed by atoms with Gasteiger partial charge >= 0.3 is 0 Å². The summed E-state index contributed by atoms with van der Waals surface area (Å²) >= 11 is 0. The summed E-state index contributed by atoms with van der Waals surface area (Å²) in [6.07, 6.45) is 2.21. The van der Waals surface area contributed by atoms with E-state index in [4.69, 9.17) is 9.47 Å². The highest BCUT2D eigenvalue weighted by Gasteiger charge is 2.56. The van der Waals surface area contributed by atoms with Crippen molar-refractivity contribution >= 4 is 21.4 Å². The van der Waals surface area contributed by atoms with Crippen molar-refractivity contribution in [2.45, 2.75) is 28.4 Å². The van der Waals surface area contributed by atoms with Gasteiger partial charge in [-0.3, -0.25) is 4.79 Å². The van der Waals surface area contributed by atoms with Crippen LogP contribution in [-0.2, 0) is 29.9 Å². The van der Waals surface area contributed by atoms with Crippen LogP contribution in [0.4, 0.5) is 5.69 Å². The molecule has 140 valence electrons. The molecule has 27 heavy (non-hydrogen) atoms. The van der Waals surface area contributed by atoms with Crippen LogP contribution in [0.2, 0.25) is 0 Å². The van der Waals surface area contributed by atoms with E-state index >= 15 is 0 Å². The van der Waals surface area contributed by atoms with Crippen molar-refractivity contribution in [2.24, 2.45) is 5.92 Å². The molecule has 0 bridgehead atoms. The Balaban J connectivity index is 1.63. The minimum absolute atomic E-state index is 0.131. The lowest BCUT2D eigenvalue weighted by atomic mass is 10.1. The molecule has 0 atom stereocenters. The number of nitrogens with zero attached hydrogens (tertiary/aromatic N) is 1. The molecule has 2 aliphatic heterocycles. The monoisotopic (exact) mass is 385 g/mol. The molecule has 1 amide bonds. The van der Waals surface area contributed by atoms with E-state index in [9.17, 15) is 13.2 Å². The van der Waals surface area contributed by atoms with Gasteiger partial charge in [0.25, 0.3) is 11.7 Å². The van der Waals surface area contributed by atoms with E-state index in [-0.39, 0.29) is 15.7 Å². The van der Waals surface area contributed by atoms with Gasteiger partial charge in [-0.25, -0.2) is 8.42 Å². The molecule has 5 rings (SSSR count). The topological polar surface area (TPSA) is 72.9 Å². The first kappa shape index (κ1) is 16.9. The summed E-state index contributed by atoms with van der Waals surface area (Å²) in [5.74, 6) is -1.27. The molecule has 7 heteroatoms. The fourth-order valence-corrected chi connectivity index (χ4v) is 5.06. The molecule has 3 aliphatic rings. The minimum atomic E-state index is -3.69. The molecule has 1 aliphatic carbocycles. The normalized spacial score (nSPS) is 21.0. The Morgan fingerprint density at radius 1 is 1.00 bits per heavy atom. The fourth-order valence-electron chi connectivity index (χ4n) is 3.75. The van der Waals surface area contributed by atoms with Crippen molar-refractivity contribution in [3.05, 3.63) is 54.1 Å². The molecule has 0 unspecified atom stereocenters. The maximum Gasteiger partial charge on any atom is 0.292 e. The molecular weight excluding hydrogens is 366 g/mol. The van der Waals surface area contributed by atoms with Crippen molar-refractivity contribution in [3.63, 3.8) is 0 Å². The zero-order chi connectivity index (χ0) is 18.6. The Morgan fingerprint density at radius 3 is 2.37 bits per heavy atom. The zero-order valence-corrected chi connectivity index (χ0v) is 15.4. The second-order valence-corrected chi connectivity index (χ2v) is 9.12. The van der Waals surface area contributed by atoms with Crippen LogP contribution in [0.1, 0.15) is 18.4 Å². The van der Waals surface area contributed by atoms with Crippen molar-refractivity contribution in [2.75, 3.05) is 24.7 Å². The number of sulfone groups is 1. The Kier molecular flexibility index (Phi) is 3.69. The number of ether oxygens (including phenoxy) is 2. The van der Waals surface area contributed by atoms with E-state index < -0.39 is 15.6 Å². The number of hydrogen-bond donors (Lipinski definition) is 0. The van der Waals surface area contributed by atoms with E-state index in [1.54, 1.807) is 47.4 Å². The Morgan fingerprint density at radius 2 is 1.70 bits per heavy atom. The first-order valence-electron chi connectivity index (χ1n) is 9.07. The van der Waals surface area contributed by atoms with Gasteiger partial charge in [-0.1, -0.05) is 18.2 Å². The van der Waals surface area contributed by atoms with E-state index in [1.807, 2.05) is 0 Å². The highest BCUT2D eigenvalue weighted by molar-refractivity contribution is 7.91. The molecular formula is C20H19NO5S. The molecule has 2 fully saturated rings. The van der Waals surface area contributed by atoms with Crippen molar-refractivity contribution < 1.29 is 22.7 Å². The quantitative estimate of drug-likeness (QED) is 0.808. The van der Waals surface area contributed by atoms with Gasteiger partial charge in [0.05, 0.1) is 28.7 Å². The number of rotatable bonds is 4. The second-order valence-electron chi connectivity index (χ2n) is 7.17. The average molecular weight is 385 g/mol. The van der Waals surface area contributed by atoms with Gasteiger partial charge in [0.2, 0.25) is 9.84 Å². The van der Waals surface area contributed by atoms with Crippen molar-refractivity contribution in [1.29, 1.82) is 0 Å². The largest absolute Gasteiger partial charge is 0.336 e. The van der Waals surface area contributed by atoms with E-state index in [2.05, 4.69) is 0 Å². The fraction of sp³-hybridized carbons (Fsp3) is 0.350. The first-order chi connectivity index (χ1) is 13.0. The van der Waals surface area contributed by atoms with Crippen LogP contribution in [-0.4, -0.2) is 34.1 Å². The molecule has 0 radical (unpaired) electrons. The summed E-state index contributed by atoms with van der Waals surface area (Å²) in [7, 11) is -3.69. The number of benzene rings is 2. The summed E-state index contributed by atoms with van der Waals surface area (Å²) in [6, 6.07) is 13.1. The van der Waals surface area contributed by atoms with E-state index in [0.717, 1.165) is 12.8 Å². The van der Waals surface area contributed by atoms with E-state index in [0.29, 0.717) is 36.9 Å². The SMILES string of the molecule is O=C1N(CC2CC2)c2ccc(S(=O)(=O)c3ccccc3)cc2C12OCCO2. The van der Waals surface area contributed by atoms with Crippen molar-refractivity contribution in [1.82, 2.24) is 0 Å².